The molecule has 21 heavy (non-hydrogen) atoms. The van der Waals surface area contributed by atoms with Crippen LogP contribution in [0.3, 0.4) is 0 Å². The van der Waals surface area contributed by atoms with Gasteiger partial charge in [-0.05, 0) is 30.2 Å². The van der Waals surface area contributed by atoms with Gasteiger partial charge in [0.25, 0.3) is 0 Å². The van der Waals surface area contributed by atoms with Crippen molar-refractivity contribution in [2.45, 2.75) is 38.5 Å². The van der Waals surface area contributed by atoms with Crippen LogP contribution < -0.4 is 9.47 Å². The number of Topliss-reactive ketones (excluding diaryl/α,β-unsaturated/α-hetero) is 1. The number of ether oxygens (including phenoxy) is 3. The van der Waals surface area contributed by atoms with Crippen molar-refractivity contribution in [2.75, 3.05) is 20.5 Å². The predicted octanol–water partition coefficient (Wildman–Crippen LogP) is 3.52. The Morgan fingerprint density at radius 2 is 1.90 bits per heavy atom. The van der Waals surface area contributed by atoms with Crippen LogP contribution >= 0.6 is 0 Å². The highest BCUT2D eigenvalue weighted by Gasteiger charge is 2.22. The van der Waals surface area contributed by atoms with Gasteiger partial charge >= 0.3 is 0 Å². The standard InChI is InChI=1S/C16H24O4Si/c1-18-15-10-13-12(5-6-14(13)17)9-16(15)20-11-19-7-8-21(2,3)4/h9-10H,5-8,11H2,1-4H3. The number of benzene rings is 1. The predicted molar refractivity (Wildman–Crippen MR) is 85.2 cm³/mol. The van der Waals surface area contributed by atoms with Crippen molar-refractivity contribution < 1.29 is 19.0 Å². The monoisotopic (exact) mass is 308 g/mol. The van der Waals surface area contributed by atoms with E-state index in [-0.39, 0.29) is 12.6 Å². The van der Waals surface area contributed by atoms with E-state index in [4.69, 9.17) is 14.2 Å². The van der Waals surface area contributed by atoms with Gasteiger partial charge in [-0.3, -0.25) is 4.79 Å². The molecule has 0 atom stereocenters. The van der Waals surface area contributed by atoms with Crippen LogP contribution in [0.5, 0.6) is 11.5 Å². The van der Waals surface area contributed by atoms with Crippen LogP contribution in [0, 0.1) is 0 Å². The lowest BCUT2D eigenvalue weighted by molar-refractivity contribution is 0.0205. The third kappa shape index (κ3) is 4.31. The first-order valence-corrected chi connectivity index (χ1v) is 11.1. The fourth-order valence-corrected chi connectivity index (χ4v) is 3.02. The molecule has 1 aliphatic rings. The van der Waals surface area contributed by atoms with Crippen LogP contribution in [-0.2, 0) is 11.2 Å². The second kappa shape index (κ2) is 6.62. The molecule has 0 N–H and O–H groups in total. The van der Waals surface area contributed by atoms with Crippen LogP contribution in [0.1, 0.15) is 22.3 Å². The Morgan fingerprint density at radius 3 is 2.57 bits per heavy atom. The summed E-state index contributed by atoms with van der Waals surface area (Å²) in [6.07, 6.45) is 1.36. The Kier molecular flexibility index (Phi) is 5.06. The van der Waals surface area contributed by atoms with Gasteiger partial charge in [-0.15, -0.1) is 0 Å². The number of hydrogen-bond acceptors (Lipinski definition) is 4. The van der Waals surface area contributed by atoms with E-state index in [0.717, 1.165) is 30.2 Å². The van der Waals surface area contributed by atoms with Crippen LogP contribution in [0.25, 0.3) is 0 Å². The molecule has 0 spiro atoms. The molecule has 0 fully saturated rings. The highest BCUT2D eigenvalue weighted by molar-refractivity contribution is 6.76. The molecule has 0 saturated heterocycles. The molecule has 0 heterocycles. The molecule has 0 amide bonds. The van der Waals surface area contributed by atoms with Gasteiger partial charge in [0.2, 0.25) is 0 Å². The fourth-order valence-electron chi connectivity index (χ4n) is 2.27. The lowest BCUT2D eigenvalue weighted by Crippen LogP contribution is -2.22. The van der Waals surface area contributed by atoms with Crippen LogP contribution in [-0.4, -0.2) is 34.4 Å². The maximum atomic E-state index is 11.7. The number of fused-ring (bicyclic) bond motifs is 1. The van der Waals surface area contributed by atoms with Crippen LogP contribution in [0.4, 0.5) is 0 Å². The van der Waals surface area contributed by atoms with E-state index in [1.807, 2.05) is 6.07 Å². The van der Waals surface area contributed by atoms with E-state index in [9.17, 15) is 4.79 Å². The SMILES string of the molecule is COc1cc2c(cc1OCOCC[Si](C)(C)C)CCC2=O. The third-order valence-corrected chi connectivity index (χ3v) is 5.31. The number of rotatable bonds is 7. The molecule has 0 aromatic heterocycles. The van der Waals surface area contributed by atoms with Gasteiger partial charge in [0.1, 0.15) is 0 Å². The summed E-state index contributed by atoms with van der Waals surface area (Å²) in [6.45, 7) is 7.89. The molecule has 1 aromatic carbocycles. The van der Waals surface area contributed by atoms with E-state index in [1.165, 1.54) is 0 Å². The Hall–Kier alpha value is -1.33. The van der Waals surface area contributed by atoms with Gasteiger partial charge < -0.3 is 14.2 Å². The molecule has 0 bridgehead atoms. The van der Waals surface area contributed by atoms with E-state index in [2.05, 4.69) is 19.6 Å². The first kappa shape index (κ1) is 16.0. The van der Waals surface area contributed by atoms with Crippen molar-refractivity contribution in [2.24, 2.45) is 0 Å². The van der Waals surface area contributed by atoms with Gasteiger partial charge in [0, 0.05) is 26.7 Å². The molecule has 0 aliphatic heterocycles. The van der Waals surface area contributed by atoms with Crippen LogP contribution in [0.15, 0.2) is 12.1 Å². The molecular weight excluding hydrogens is 284 g/mol. The molecule has 0 radical (unpaired) electrons. The summed E-state index contributed by atoms with van der Waals surface area (Å²) in [5, 5.41) is 0. The summed E-state index contributed by atoms with van der Waals surface area (Å²) >= 11 is 0. The minimum absolute atomic E-state index is 0.182. The maximum absolute atomic E-state index is 11.7. The molecular formula is C16H24O4Si. The molecule has 5 heteroatoms. The van der Waals surface area contributed by atoms with Crippen molar-refractivity contribution >= 4 is 13.9 Å². The molecule has 0 unspecified atom stereocenters. The lowest BCUT2D eigenvalue weighted by atomic mass is 10.1. The summed E-state index contributed by atoms with van der Waals surface area (Å²) in [6, 6.07) is 4.80. The number of methoxy groups -OCH3 is 1. The zero-order valence-corrected chi connectivity index (χ0v) is 14.3. The van der Waals surface area contributed by atoms with Crippen molar-refractivity contribution in [1.82, 2.24) is 0 Å². The van der Waals surface area contributed by atoms with E-state index >= 15 is 0 Å². The summed E-state index contributed by atoms with van der Waals surface area (Å²) in [7, 11) is 0.515. The van der Waals surface area contributed by atoms with Gasteiger partial charge in [0.05, 0.1) is 7.11 Å². The highest BCUT2D eigenvalue weighted by Crippen LogP contribution is 2.34. The zero-order valence-electron chi connectivity index (χ0n) is 13.3. The van der Waals surface area contributed by atoms with Crippen molar-refractivity contribution in [3.05, 3.63) is 23.3 Å². The Balaban J connectivity index is 1.93. The van der Waals surface area contributed by atoms with Gasteiger partial charge in [0.15, 0.2) is 24.1 Å². The largest absolute Gasteiger partial charge is 0.493 e. The number of hydrogen-bond donors (Lipinski definition) is 0. The second-order valence-electron chi connectivity index (χ2n) is 6.56. The average molecular weight is 308 g/mol. The van der Waals surface area contributed by atoms with Gasteiger partial charge in [-0.2, -0.15) is 0 Å². The molecule has 1 aliphatic carbocycles. The van der Waals surface area contributed by atoms with Crippen LogP contribution in [0.2, 0.25) is 25.7 Å². The molecule has 1 aromatic rings. The Labute approximate surface area is 127 Å². The Bertz CT molecular complexity index is 520. The van der Waals surface area contributed by atoms with Crippen molar-refractivity contribution in [1.29, 1.82) is 0 Å². The molecule has 116 valence electrons. The van der Waals surface area contributed by atoms with E-state index in [1.54, 1.807) is 13.2 Å². The summed E-state index contributed by atoms with van der Waals surface area (Å²) < 4.78 is 16.5. The number of carbonyl (C=O) groups excluding carboxylic acids is 1. The number of carbonyl (C=O) groups is 1. The number of ketones is 1. The normalized spacial score (nSPS) is 14.2. The maximum Gasteiger partial charge on any atom is 0.189 e. The molecule has 4 nitrogen and oxygen atoms in total. The average Bonchev–Trinajstić information content (AvgIpc) is 2.77. The summed E-state index contributed by atoms with van der Waals surface area (Å²) in [5.41, 5.74) is 1.80. The van der Waals surface area contributed by atoms with E-state index < -0.39 is 8.07 Å². The van der Waals surface area contributed by atoms with E-state index in [0.29, 0.717) is 17.9 Å². The van der Waals surface area contributed by atoms with Crippen molar-refractivity contribution in [3.63, 3.8) is 0 Å². The minimum atomic E-state index is -1.07. The first-order chi connectivity index (χ1) is 9.90. The smallest absolute Gasteiger partial charge is 0.189 e. The highest BCUT2D eigenvalue weighted by atomic mass is 28.3. The summed E-state index contributed by atoms with van der Waals surface area (Å²) in [5.74, 6) is 1.43. The zero-order chi connectivity index (χ0) is 15.5. The summed E-state index contributed by atoms with van der Waals surface area (Å²) in [4.78, 5) is 11.7. The third-order valence-electron chi connectivity index (χ3n) is 3.61. The number of aryl methyl sites for hydroxylation is 1. The molecule has 0 saturated carbocycles. The topological polar surface area (TPSA) is 44.8 Å². The molecule has 2 rings (SSSR count). The quantitative estimate of drug-likeness (QED) is 0.439. The van der Waals surface area contributed by atoms with Gasteiger partial charge in [-0.1, -0.05) is 19.6 Å². The fraction of sp³-hybridized carbons (Fsp3) is 0.562. The Morgan fingerprint density at radius 1 is 1.14 bits per heavy atom. The first-order valence-electron chi connectivity index (χ1n) is 7.35. The second-order valence-corrected chi connectivity index (χ2v) is 12.2. The minimum Gasteiger partial charge on any atom is -0.493 e. The van der Waals surface area contributed by atoms with Gasteiger partial charge in [-0.25, -0.2) is 0 Å². The van der Waals surface area contributed by atoms with Crippen molar-refractivity contribution in [3.8, 4) is 11.5 Å². The lowest BCUT2D eigenvalue weighted by Gasteiger charge is -2.16.